The van der Waals surface area contributed by atoms with Gasteiger partial charge < -0.3 is 15.5 Å². The Labute approximate surface area is 92.4 Å². The molecule has 1 aliphatic heterocycles. The van der Waals surface area contributed by atoms with Gasteiger partial charge >= 0.3 is 0 Å². The number of amides is 1. The number of nitrogens with two attached hydrogens (primary N) is 1. The van der Waals surface area contributed by atoms with Crippen LogP contribution in [0.2, 0.25) is 0 Å². The zero-order chi connectivity index (χ0) is 11.6. The fraction of sp³-hybridized carbons (Fsp3) is 0.909. The molecule has 0 aromatic rings. The first kappa shape index (κ1) is 12.5. The van der Waals surface area contributed by atoms with E-state index in [1.165, 1.54) is 0 Å². The second-order valence-electron chi connectivity index (χ2n) is 4.91. The molecule has 2 N–H and O–H groups in total. The van der Waals surface area contributed by atoms with Crippen molar-refractivity contribution in [2.24, 2.45) is 11.7 Å². The third-order valence-electron chi connectivity index (χ3n) is 3.12. The largest absolute Gasteiger partial charge is 0.336 e. The quantitative estimate of drug-likeness (QED) is 0.709. The number of hydrogen-bond donors (Lipinski definition) is 1. The van der Waals surface area contributed by atoms with Crippen LogP contribution in [-0.2, 0) is 4.79 Å². The molecule has 1 aliphatic rings. The number of carbonyl (C=O) groups excluding carboxylic acids is 1. The molecule has 1 rings (SSSR count). The van der Waals surface area contributed by atoms with Crippen molar-refractivity contribution < 1.29 is 4.79 Å². The second kappa shape index (κ2) is 4.94. The van der Waals surface area contributed by atoms with Crippen molar-refractivity contribution in [2.45, 2.75) is 32.9 Å². The lowest BCUT2D eigenvalue weighted by Gasteiger charge is -2.39. The van der Waals surface area contributed by atoms with Gasteiger partial charge in [-0.3, -0.25) is 4.79 Å². The molecule has 4 nitrogen and oxygen atoms in total. The standard InChI is InChI=1S/C11H23N3O/c1-8(2)10(12)11(15)14-6-5-13(4)7-9(14)3/h8-10H,5-7,12H2,1-4H3/t9-,10-/m0/s1. The average molecular weight is 213 g/mol. The Balaban J connectivity index is 2.60. The summed E-state index contributed by atoms with van der Waals surface area (Å²) in [6.07, 6.45) is 0. The van der Waals surface area contributed by atoms with E-state index in [4.69, 9.17) is 5.73 Å². The molecule has 1 saturated heterocycles. The maximum Gasteiger partial charge on any atom is 0.240 e. The van der Waals surface area contributed by atoms with E-state index in [1.54, 1.807) is 0 Å². The molecular formula is C11H23N3O. The van der Waals surface area contributed by atoms with Gasteiger partial charge in [-0.05, 0) is 19.9 Å². The molecule has 0 spiro atoms. The normalized spacial score (nSPS) is 25.7. The number of nitrogens with zero attached hydrogens (tertiary/aromatic N) is 2. The van der Waals surface area contributed by atoms with Crippen LogP contribution in [0.4, 0.5) is 0 Å². The second-order valence-corrected chi connectivity index (χ2v) is 4.91. The van der Waals surface area contributed by atoms with E-state index >= 15 is 0 Å². The van der Waals surface area contributed by atoms with Crippen LogP contribution in [0.25, 0.3) is 0 Å². The van der Waals surface area contributed by atoms with Gasteiger partial charge in [-0.1, -0.05) is 13.8 Å². The Morgan fingerprint density at radius 3 is 2.47 bits per heavy atom. The highest BCUT2D eigenvalue weighted by Gasteiger charge is 2.30. The van der Waals surface area contributed by atoms with Crippen molar-refractivity contribution >= 4 is 5.91 Å². The van der Waals surface area contributed by atoms with E-state index in [-0.39, 0.29) is 23.9 Å². The summed E-state index contributed by atoms with van der Waals surface area (Å²) in [5.41, 5.74) is 5.88. The van der Waals surface area contributed by atoms with Gasteiger partial charge in [-0.15, -0.1) is 0 Å². The van der Waals surface area contributed by atoms with E-state index in [0.717, 1.165) is 19.6 Å². The molecule has 1 amide bonds. The summed E-state index contributed by atoms with van der Waals surface area (Å²) in [6, 6.07) is -0.0723. The van der Waals surface area contributed by atoms with Crippen molar-refractivity contribution in [3.05, 3.63) is 0 Å². The van der Waals surface area contributed by atoms with Crippen molar-refractivity contribution in [3.8, 4) is 0 Å². The summed E-state index contributed by atoms with van der Waals surface area (Å²) >= 11 is 0. The fourth-order valence-electron chi connectivity index (χ4n) is 1.94. The Bertz CT molecular complexity index is 230. The van der Waals surface area contributed by atoms with Crippen LogP contribution in [0.3, 0.4) is 0 Å². The van der Waals surface area contributed by atoms with Gasteiger partial charge in [-0.2, -0.15) is 0 Å². The van der Waals surface area contributed by atoms with Gasteiger partial charge in [0.1, 0.15) is 0 Å². The number of rotatable bonds is 2. The molecule has 1 heterocycles. The van der Waals surface area contributed by atoms with Crippen molar-refractivity contribution in [2.75, 3.05) is 26.7 Å². The summed E-state index contributed by atoms with van der Waals surface area (Å²) in [4.78, 5) is 16.2. The Morgan fingerprint density at radius 2 is 2.00 bits per heavy atom. The maximum atomic E-state index is 12.0. The van der Waals surface area contributed by atoms with Gasteiger partial charge in [0.15, 0.2) is 0 Å². The molecule has 88 valence electrons. The molecule has 0 unspecified atom stereocenters. The molecule has 0 aliphatic carbocycles. The van der Waals surface area contributed by atoms with Crippen LogP contribution in [-0.4, -0.2) is 54.5 Å². The van der Waals surface area contributed by atoms with Crippen LogP contribution >= 0.6 is 0 Å². The first-order chi connectivity index (χ1) is 6.93. The topological polar surface area (TPSA) is 49.6 Å². The molecule has 0 aromatic carbocycles. The smallest absolute Gasteiger partial charge is 0.240 e. The van der Waals surface area contributed by atoms with Gasteiger partial charge in [0.05, 0.1) is 6.04 Å². The lowest BCUT2D eigenvalue weighted by Crippen LogP contribution is -2.57. The first-order valence-electron chi connectivity index (χ1n) is 5.68. The van der Waals surface area contributed by atoms with Crippen molar-refractivity contribution in [1.82, 2.24) is 9.80 Å². The highest BCUT2D eigenvalue weighted by atomic mass is 16.2. The van der Waals surface area contributed by atoms with E-state index < -0.39 is 0 Å². The summed E-state index contributed by atoms with van der Waals surface area (Å²) in [7, 11) is 2.08. The van der Waals surface area contributed by atoms with Crippen LogP contribution in [0.5, 0.6) is 0 Å². The lowest BCUT2D eigenvalue weighted by atomic mass is 10.0. The highest BCUT2D eigenvalue weighted by molar-refractivity contribution is 5.82. The van der Waals surface area contributed by atoms with Crippen LogP contribution in [0, 0.1) is 5.92 Å². The molecular weight excluding hydrogens is 190 g/mol. The van der Waals surface area contributed by atoms with E-state index in [1.807, 2.05) is 18.7 Å². The minimum absolute atomic E-state index is 0.102. The minimum Gasteiger partial charge on any atom is -0.336 e. The summed E-state index contributed by atoms with van der Waals surface area (Å²) in [5.74, 6) is 0.315. The maximum absolute atomic E-state index is 12.0. The molecule has 1 fully saturated rings. The third-order valence-corrected chi connectivity index (χ3v) is 3.12. The highest BCUT2D eigenvalue weighted by Crippen LogP contribution is 2.11. The van der Waals surface area contributed by atoms with Crippen LogP contribution < -0.4 is 5.73 Å². The van der Waals surface area contributed by atoms with Crippen molar-refractivity contribution in [1.29, 1.82) is 0 Å². The Hall–Kier alpha value is -0.610. The van der Waals surface area contributed by atoms with E-state index in [0.29, 0.717) is 0 Å². The molecule has 2 atom stereocenters. The Kier molecular flexibility index (Phi) is 4.11. The number of piperazine rings is 1. The monoisotopic (exact) mass is 213 g/mol. The molecule has 15 heavy (non-hydrogen) atoms. The molecule has 4 heteroatoms. The van der Waals surface area contributed by atoms with E-state index in [2.05, 4.69) is 18.9 Å². The summed E-state index contributed by atoms with van der Waals surface area (Å²) in [5, 5.41) is 0. The lowest BCUT2D eigenvalue weighted by molar-refractivity contribution is -0.137. The minimum atomic E-state index is -0.351. The molecule has 0 radical (unpaired) electrons. The molecule has 0 saturated carbocycles. The van der Waals surface area contributed by atoms with Crippen LogP contribution in [0.15, 0.2) is 0 Å². The van der Waals surface area contributed by atoms with E-state index in [9.17, 15) is 4.79 Å². The Morgan fingerprint density at radius 1 is 1.40 bits per heavy atom. The van der Waals surface area contributed by atoms with Gasteiger partial charge in [-0.25, -0.2) is 0 Å². The van der Waals surface area contributed by atoms with Crippen LogP contribution in [0.1, 0.15) is 20.8 Å². The number of hydrogen-bond acceptors (Lipinski definition) is 3. The summed E-state index contributed by atoms with van der Waals surface area (Å²) < 4.78 is 0. The predicted octanol–water partition coefficient (Wildman–Crippen LogP) is 0.132. The number of carbonyl (C=O) groups is 1. The zero-order valence-electron chi connectivity index (χ0n) is 10.2. The summed E-state index contributed by atoms with van der Waals surface area (Å²) in [6.45, 7) is 8.75. The van der Waals surface area contributed by atoms with Gasteiger partial charge in [0.2, 0.25) is 5.91 Å². The third kappa shape index (κ3) is 2.92. The number of likely N-dealkylation sites (N-methyl/N-ethyl adjacent to an activating group) is 1. The van der Waals surface area contributed by atoms with Gasteiger partial charge in [0, 0.05) is 25.7 Å². The average Bonchev–Trinajstić information content (AvgIpc) is 2.15. The molecule has 0 aromatic heterocycles. The SMILES string of the molecule is CC(C)[C@H](N)C(=O)N1CCN(C)C[C@@H]1C. The fourth-order valence-corrected chi connectivity index (χ4v) is 1.94. The first-order valence-corrected chi connectivity index (χ1v) is 5.68. The van der Waals surface area contributed by atoms with Crippen molar-refractivity contribution in [3.63, 3.8) is 0 Å². The molecule has 0 bridgehead atoms. The zero-order valence-corrected chi connectivity index (χ0v) is 10.2. The predicted molar refractivity (Wildman–Crippen MR) is 61.5 cm³/mol. The van der Waals surface area contributed by atoms with Gasteiger partial charge in [0.25, 0.3) is 0 Å².